The van der Waals surface area contributed by atoms with E-state index in [2.05, 4.69) is 5.32 Å². The molecule has 0 bridgehead atoms. The number of hydrogen-bond donors (Lipinski definition) is 2. The Kier molecular flexibility index (Phi) is 4.36. The Balaban J connectivity index is 1.99. The summed E-state index contributed by atoms with van der Waals surface area (Å²) in [5.41, 5.74) is 1.86. The van der Waals surface area contributed by atoms with Crippen molar-refractivity contribution in [2.24, 2.45) is 5.14 Å². The maximum Gasteiger partial charge on any atom is 0.293 e. The van der Waals surface area contributed by atoms with Crippen LogP contribution in [0, 0.1) is 17.0 Å². The molecule has 25 heavy (non-hydrogen) atoms. The fraction of sp³-hybridized carbons (Fsp3) is 0.250. The lowest BCUT2D eigenvalue weighted by Gasteiger charge is -2.27. The number of anilines is 1. The van der Waals surface area contributed by atoms with E-state index in [0.29, 0.717) is 13.0 Å². The number of nitrogens with two attached hydrogens (primary N) is 1. The minimum atomic E-state index is -4.02. The molecule has 0 aliphatic carbocycles. The van der Waals surface area contributed by atoms with Crippen molar-refractivity contribution >= 4 is 21.4 Å². The van der Waals surface area contributed by atoms with Gasteiger partial charge in [0.25, 0.3) is 5.69 Å². The van der Waals surface area contributed by atoms with Gasteiger partial charge in [-0.1, -0.05) is 17.7 Å². The number of rotatable bonds is 4. The van der Waals surface area contributed by atoms with Crippen LogP contribution in [0.4, 0.5) is 11.4 Å². The Morgan fingerprint density at radius 1 is 1.28 bits per heavy atom. The maximum atomic E-state index is 11.4. The van der Waals surface area contributed by atoms with Gasteiger partial charge in [-0.2, -0.15) is 0 Å². The highest BCUT2D eigenvalue weighted by Gasteiger charge is 2.25. The van der Waals surface area contributed by atoms with Crippen LogP contribution in [0.2, 0.25) is 0 Å². The number of nitro groups is 1. The molecule has 1 atom stereocenters. The van der Waals surface area contributed by atoms with Crippen molar-refractivity contribution < 1.29 is 18.1 Å². The first-order chi connectivity index (χ1) is 11.8. The summed E-state index contributed by atoms with van der Waals surface area (Å²) in [5.74, 6) is 0.734. The third-order valence-electron chi connectivity index (χ3n) is 4.03. The van der Waals surface area contributed by atoms with Crippen LogP contribution in [-0.2, 0) is 10.0 Å². The Morgan fingerprint density at radius 2 is 2.04 bits per heavy atom. The molecule has 1 aliphatic heterocycles. The van der Waals surface area contributed by atoms with Gasteiger partial charge in [0.15, 0.2) is 0 Å². The van der Waals surface area contributed by atoms with Gasteiger partial charge in [0.1, 0.15) is 11.4 Å². The van der Waals surface area contributed by atoms with Crippen LogP contribution in [-0.4, -0.2) is 19.9 Å². The number of fused-ring (bicyclic) bond motifs is 1. The van der Waals surface area contributed by atoms with Crippen molar-refractivity contribution in [3.05, 3.63) is 57.6 Å². The van der Waals surface area contributed by atoms with E-state index in [9.17, 15) is 18.5 Å². The van der Waals surface area contributed by atoms with E-state index >= 15 is 0 Å². The molecule has 8 nitrogen and oxygen atoms in total. The number of ether oxygens (including phenoxy) is 1. The molecule has 3 N–H and O–H groups in total. The van der Waals surface area contributed by atoms with Crippen LogP contribution < -0.4 is 15.2 Å². The molecule has 0 saturated heterocycles. The summed E-state index contributed by atoms with van der Waals surface area (Å²) in [4.78, 5) is 10.4. The molecule has 0 saturated carbocycles. The van der Waals surface area contributed by atoms with Gasteiger partial charge in [0, 0.05) is 18.1 Å². The predicted molar refractivity (Wildman–Crippen MR) is 92.1 cm³/mol. The standard InChI is InChI=1S/C16H17N3O5S/c1-10-2-5-16-12(8-10)13(6-7-24-16)18-14-4-3-11(25(17,22)23)9-15(14)19(20)21/h2-5,8-9,13,18H,6-7H2,1H3,(H2,17,22,23). The van der Waals surface area contributed by atoms with Crippen molar-refractivity contribution in [2.75, 3.05) is 11.9 Å². The molecular weight excluding hydrogens is 346 g/mol. The van der Waals surface area contributed by atoms with Crippen molar-refractivity contribution in [2.45, 2.75) is 24.3 Å². The van der Waals surface area contributed by atoms with Gasteiger partial charge in [-0.3, -0.25) is 10.1 Å². The monoisotopic (exact) mass is 363 g/mol. The fourth-order valence-electron chi connectivity index (χ4n) is 2.81. The Bertz CT molecular complexity index is 943. The SMILES string of the molecule is Cc1ccc2c(c1)C(Nc1ccc(S(N)(=O)=O)cc1[N+](=O)[O-])CCO2. The van der Waals surface area contributed by atoms with Crippen molar-refractivity contribution in [3.63, 3.8) is 0 Å². The first-order valence-corrected chi connectivity index (χ1v) is 9.11. The number of benzene rings is 2. The average Bonchev–Trinajstić information content (AvgIpc) is 2.54. The normalized spacial score (nSPS) is 16.6. The average molecular weight is 363 g/mol. The minimum absolute atomic E-state index is 0.178. The number of nitrogens with one attached hydrogen (secondary N) is 1. The number of sulfonamides is 1. The lowest BCUT2D eigenvalue weighted by atomic mass is 9.98. The molecule has 0 radical (unpaired) electrons. The van der Waals surface area contributed by atoms with Gasteiger partial charge in [0.2, 0.25) is 10.0 Å². The zero-order chi connectivity index (χ0) is 18.2. The van der Waals surface area contributed by atoms with Crippen molar-refractivity contribution in [1.82, 2.24) is 0 Å². The predicted octanol–water partition coefficient (Wildman–Crippen LogP) is 2.49. The van der Waals surface area contributed by atoms with Gasteiger partial charge in [-0.25, -0.2) is 13.6 Å². The second-order valence-corrected chi connectivity index (χ2v) is 7.42. The first kappa shape index (κ1) is 17.2. The van der Waals surface area contributed by atoms with E-state index in [1.54, 1.807) is 0 Å². The zero-order valence-corrected chi connectivity index (χ0v) is 14.2. The van der Waals surface area contributed by atoms with E-state index in [4.69, 9.17) is 9.88 Å². The van der Waals surface area contributed by atoms with Crippen LogP contribution >= 0.6 is 0 Å². The number of aryl methyl sites for hydroxylation is 1. The smallest absolute Gasteiger partial charge is 0.293 e. The van der Waals surface area contributed by atoms with E-state index in [-0.39, 0.29) is 22.3 Å². The molecule has 2 aromatic rings. The molecule has 1 unspecified atom stereocenters. The second-order valence-electron chi connectivity index (χ2n) is 5.86. The summed E-state index contributed by atoms with van der Waals surface area (Å²) in [6, 6.07) is 9.18. The number of nitrogens with zero attached hydrogens (tertiary/aromatic N) is 1. The molecule has 0 fully saturated rings. The van der Waals surface area contributed by atoms with Crippen LogP contribution in [0.3, 0.4) is 0 Å². The largest absolute Gasteiger partial charge is 0.493 e. The molecule has 0 aromatic heterocycles. The molecule has 2 aromatic carbocycles. The van der Waals surface area contributed by atoms with Gasteiger partial charge in [0.05, 0.1) is 22.5 Å². The van der Waals surface area contributed by atoms with Gasteiger partial charge in [-0.15, -0.1) is 0 Å². The van der Waals surface area contributed by atoms with E-state index in [1.807, 2.05) is 25.1 Å². The second kappa shape index (κ2) is 6.34. The molecule has 132 valence electrons. The lowest BCUT2D eigenvalue weighted by molar-refractivity contribution is -0.384. The first-order valence-electron chi connectivity index (χ1n) is 7.57. The Labute approximate surface area is 144 Å². The molecular formula is C16H17N3O5S. The van der Waals surface area contributed by atoms with Gasteiger partial charge in [-0.05, 0) is 25.1 Å². The Morgan fingerprint density at radius 3 is 2.72 bits per heavy atom. The van der Waals surface area contributed by atoms with Crippen LogP contribution in [0.1, 0.15) is 23.6 Å². The minimum Gasteiger partial charge on any atom is -0.493 e. The Hall–Kier alpha value is -2.65. The molecule has 1 heterocycles. The third-order valence-corrected chi connectivity index (χ3v) is 4.94. The molecule has 0 spiro atoms. The van der Waals surface area contributed by atoms with Crippen molar-refractivity contribution in [1.29, 1.82) is 0 Å². The lowest BCUT2D eigenvalue weighted by Crippen LogP contribution is -2.21. The quantitative estimate of drug-likeness (QED) is 0.635. The maximum absolute atomic E-state index is 11.4. The summed E-state index contributed by atoms with van der Waals surface area (Å²) in [5, 5.41) is 19.5. The summed E-state index contributed by atoms with van der Waals surface area (Å²) in [6.45, 7) is 2.44. The molecule has 9 heteroatoms. The fourth-order valence-corrected chi connectivity index (χ4v) is 3.35. The summed E-state index contributed by atoms with van der Waals surface area (Å²) < 4.78 is 28.5. The molecule has 3 rings (SSSR count). The topological polar surface area (TPSA) is 125 Å². The number of nitro benzene ring substituents is 1. The number of hydrogen-bond acceptors (Lipinski definition) is 6. The number of primary sulfonamides is 1. The van der Waals surface area contributed by atoms with Gasteiger partial charge >= 0.3 is 0 Å². The van der Waals surface area contributed by atoms with Crippen LogP contribution in [0.15, 0.2) is 41.3 Å². The summed E-state index contributed by atoms with van der Waals surface area (Å²) >= 11 is 0. The van der Waals surface area contributed by atoms with Crippen LogP contribution in [0.25, 0.3) is 0 Å². The van der Waals surface area contributed by atoms with Crippen molar-refractivity contribution in [3.8, 4) is 5.75 Å². The van der Waals surface area contributed by atoms with Crippen LogP contribution in [0.5, 0.6) is 5.75 Å². The third kappa shape index (κ3) is 3.57. The highest BCUT2D eigenvalue weighted by atomic mass is 32.2. The summed E-state index contributed by atoms with van der Waals surface area (Å²) in [6.07, 6.45) is 0.630. The van der Waals surface area contributed by atoms with Gasteiger partial charge < -0.3 is 10.1 Å². The van der Waals surface area contributed by atoms with E-state index < -0.39 is 14.9 Å². The highest BCUT2D eigenvalue weighted by Crippen LogP contribution is 2.37. The van der Waals surface area contributed by atoms with E-state index in [1.165, 1.54) is 12.1 Å². The highest BCUT2D eigenvalue weighted by molar-refractivity contribution is 7.89. The zero-order valence-electron chi connectivity index (χ0n) is 13.4. The molecule has 0 amide bonds. The van der Waals surface area contributed by atoms with E-state index in [0.717, 1.165) is 22.9 Å². The molecule has 1 aliphatic rings. The summed E-state index contributed by atoms with van der Waals surface area (Å²) in [7, 11) is -4.02.